The number of nitriles is 1. The van der Waals surface area contributed by atoms with E-state index in [1.165, 1.54) is 24.3 Å². The maximum atomic E-state index is 11.0. The van der Waals surface area contributed by atoms with E-state index < -0.39 is 43.3 Å². The van der Waals surface area contributed by atoms with Crippen LogP contribution in [0.4, 0.5) is 0 Å². The standard InChI is InChI=1S/C20H19NO8/c21-8-13-7-12(10-1-3-11(4-2-10)19(26)27)5-6-14(13)28-20-18(25)17(24)16(23)15(9-22)29-20/h1-7,15-18,20,22-25H,9H2,(H,26,27)/t15-,16-,17+,18+,20+/m1/s1. The highest BCUT2D eigenvalue weighted by Gasteiger charge is 2.44. The smallest absolute Gasteiger partial charge is 0.335 e. The second kappa shape index (κ2) is 8.57. The van der Waals surface area contributed by atoms with E-state index in [1.807, 2.05) is 6.07 Å². The maximum Gasteiger partial charge on any atom is 0.335 e. The summed E-state index contributed by atoms with van der Waals surface area (Å²) in [6, 6.07) is 12.7. The van der Waals surface area contributed by atoms with Crippen LogP contribution in [0.2, 0.25) is 0 Å². The molecule has 0 aliphatic carbocycles. The maximum absolute atomic E-state index is 11.0. The van der Waals surface area contributed by atoms with Gasteiger partial charge in [0.15, 0.2) is 0 Å². The summed E-state index contributed by atoms with van der Waals surface area (Å²) in [5, 5.41) is 57.4. The largest absolute Gasteiger partial charge is 0.478 e. The van der Waals surface area contributed by atoms with Gasteiger partial charge < -0.3 is 35.0 Å². The lowest BCUT2D eigenvalue weighted by molar-refractivity contribution is -0.277. The van der Waals surface area contributed by atoms with Crippen molar-refractivity contribution in [3.63, 3.8) is 0 Å². The Kier molecular flexibility index (Phi) is 6.12. The number of hydrogen-bond donors (Lipinski definition) is 5. The number of nitrogens with zero attached hydrogens (tertiary/aromatic N) is 1. The predicted octanol–water partition coefficient (Wildman–Crippen LogP) is 0.102. The Morgan fingerprint density at radius 2 is 1.69 bits per heavy atom. The highest BCUT2D eigenvalue weighted by atomic mass is 16.7. The first-order valence-corrected chi connectivity index (χ1v) is 8.70. The van der Waals surface area contributed by atoms with E-state index in [4.69, 9.17) is 14.6 Å². The van der Waals surface area contributed by atoms with Gasteiger partial charge >= 0.3 is 5.97 Å². The van der Waals surface area contributed by atoms with Crippen LogP contribution < -0.4 is 4.74 Å². The number of ether oxygens (including phenoxy) is 2. The number of carboxylic acid groups (broad SMARTS) is 1. The Hall–Kier alpha value is -3.00. The first-order valence-electron chi connectivity index (χ1n) is 8.70. The van der Waals surface area contributed by atoms with Crippen molar-refractivity contribution < 1.29 is 39.8 Å². The molecule has 152 valence electrons. The van der Waals surface area contributed by atoms with E-state index in [-0.39, 0.29) is 16.9 Å². The van der Waals surface area contributed by atoms with Gasteiger partial charge in [-0.05, 0) is 35.4 Å². The quantitative estimate of drug-likeness (QED) is 0.468. The molecule has 2 aromatic rings. The molecule has 0 radical (unpaired) electrons. The van der Waals surface area contributed by atoms with Crippen LogP contribution in [0.3, 0.4) is 0 Å². The third kappa shape index (κ3) is 4.22. The summed E-state index contributed by atoms with van der Waals surface area (Å²) in [6.45, 7) is -0.596. The van der Waals surface area contributed by atoms with Gasteiger partial charge in [0.05, 0.1) is 17.7 Å². The lowest BCUT2D eigenvalue weighted by Gasteiger charge is -2.39. The van der Waals surface area contributed by atoms with Crippen molar-refractivity contribution in [3.05, 3.63) is 53.6 Å². The number of hydrogen-bond acceptors (Lipinski definition) is 8. The number of aliphatic hydroxyl groups excluding tert-OH is 4. The molecule has 9 heteroatoms. The number of aromatic carboxylic acids is 1. The van der Waals surface area contributed by atoms with E-state index in [2.05, 4.69) is 0 Å². The number of carboxylic acids is 1. The number of benzene rings is 2. The Balaban J connectivity index is 1.84. The molecule has 0 saturated carbocycles. The summed E-state index contributed by atoms with van der Waals surface area (Å²) in [4.78, 5) is 11.0. The van der Waals surface area contributed by atoms with Crippen LogP contribution in [-0.2, 0) is 4.74 Å². The summed E-state index contributed by atoms with van der Waals surface area (Å²) >= 11 is 0. The molecular weight excluding hydrogens is 382 g/mol. The SMILES string of the molecule is N#Cc1cc(-c2ccc(C(=O)O)cc2)ccc1O[C@H]1O[C@H](CO)[C@@H](O)[C@H](O)[C@@H]1O. The van der Waals surface area contributed by atoms with Gasteiger partial charge in [-0.3, -0.25) is 0 Å². The average Bonchev–Trinajstić information content (AvgIpc) is 2.74. The zero-order valence-corrected chi connectivity index (χ0v) is 15.0. The first-order chi connectivity index (χ1) is 13.8. The molecule has 0 bridgehead atoms. The van der Waals surface area contributed by atoms with Crippen LogP contribution in [0.1, 0.15) is 15.9 Å². The van der Waals surface area contributed by atoms with E-state index in [0.717, 1.165) is 0 Å². The van der Waals surface area contributed by atoms with Crippen molar-refractivity contribution in [1.82, 2.24) is 0 Å². The van der Waals surface area contributed by atoms with Crippen molar-refractivity contribution >= 4 is 5.97 Å². The van der Waals surface area contributed by atoms with Gasteiger partial charge in [0.25, 0.3) is 0 Å². The summed E-state index contributed by atoms with van der Waals surface area (Å²) in [5.41, 5.74) is 1.57. The third-order valence-electron chi connectivity index (χ3n) is 4.66. The van der Waals surface area contributed by atoms with Crippen molar-refractivity contribution in [3.8, 4) is 22.9 Å². The highest BCUT2D eigenvalue weighted by molar-refractivity contribution is 5.88. The predicted molar refractivity (Wildman–Crippen MR) is 97.9 cm³/mol. The molecule has 9 nitrogen and oxygen atoms in total. The molecule has 1 aliphatic rings. The lowest BCUT2D eigenvalue weighted by Crippen LogP contribution is -2.60. The Morgan fingerprint density at radius 1 is 1.03 bits per heavy atom. The highest BCUT2D eigenvalue weighted by Crippen LogP contribution is 2.30. The number of carbonyl (C=O) groups is 1. The van der Waals surface area contributed by atoms with Crippen LogP contribution in [0.15, 0.2) is 42.5 Å². The normalized spacial score (nSPS) is 26.5. The molecule has 1 fully saturated rings. The molecule has 0 unspecified atom stereocenters. The zero-order chi connectivity index (χ0) is 21.1. The number of aliphatic hydroxyl groups is 4. The van der Waals surface area contributed by atoms with E-state index >= 15 is 0 Å². The monoisotopic (exact) mass is 401 g/mol. The summed E-state index contributed by atoms with van der Waals surface area (Å²) in [7, 11) is 0. The van der Waals surface area contributed by atoms with Crippen LogP contribution in [-0.4, -0.2) is 68.8 Å². The van der Waals surface area contributed by atoms with Crippen molar-refractivity contribution in [2.75, 3.05) is 6.61 Å². The molecule has 0 amide bonds. The molecule has 1 heterocycles. The minimum absolute atomic E-state index is 0.0720. The van der Waals surface area contributed by atoms with Crippen LogP contribution in [0, 0.1) is 11.3 Å². The molecule has 0 spiro atoms. The van der Waals surface area contributed by atoms with Crippen LogP contribution >= 0.6 is 0 Å². The lowest BCUT2D eigenvalue weighted by atomic mass is 9.99. The Labute approximate surface area is 165 Å². The number of rotatable bonds is 5. The summed E-state index contributed by atoms with van der Waals surface area (Å²) < 4.78 is 10.8. The van der Waals surface area contributed by atoms with Gasteiger partial charge in [-0.15, -0.1) is 0 Å². The Bertz CT molecular complexity index is 921. The topological polar surface area (TPSA) is 160 Å². The molecule has 3 rings (SSSR count). The molecule has 5 N–H and O–H groups in total. The second-order valence-corrected chi connectivity index (χ2v) is 6.52. The van der Waals surface area contributed by atoms with E-state index in [0.29, 0.717) is 11.1 Å². The van der Waals surface area contributed by atoms with E-state index in [9.17, 15) is 30.5 Å². The molecule has 5 atom stereocenters. The Morgan fingerprint density at radius 3 is 2.28 bits per heavy atom. The fraction of sp³-hybridized carbons (Fsp3) is 0.300. The van der Waals surface area contributed by atoms with Gasteiger partial charge in [0, 0.05) is 0 Å². The average molecular weight is 401 g/mol. The van der Waals surface area contributed by atoms with Crippen LogP contribution in [0.5, 0.6) is 5.75 Å². The van der Waals surface area contributed by atoms with Gasteiger partial charge in [0.2, 0.25) is 6.29 Å². The third-order valence-corrected chi connectivity index (χ3v) is 4.66. The minimum atomic E-state index is -1.59. The zero-order valence-electron chi connectivity index (χ0n) is 15.0. The minimum Gasteiger partial charge on any atom is -0.478 e. The van der Waals surface area contributed by atoms with Gasteiger partial charge in [-0.25, -0.2) is 4.79 Å². The molecule has 0 aromatic heterocycles. The van der Waals surface area contributed by atoms with Gasteiger partial charge in [-0.1, -0.05) is 18.2 Å². The van der Waals surface area contributed by atoms with E-state index in [1.54, 1.807) is 18.2 Å². The molecular formula is C20H19NO8. The van der Waals surface area contributed by atoms with Gasteiger partial charge in [-0.2, -0.15) is 5.26 Å². The van der Waals surface area contributed by atoms with Gasteiger partial charge in [0.1, 0.15) is 36.2 Å². The van der Waals surface area contributed by atoms with Crippen molar-refractivity contribution in [1.29, 1.82) is 5.26 Å². The second-order valence-electron chi connectivity index (χ2n) is 6.52. The van der Waals surface area contributed by atoms with Crippen molar-refractivity contribution in [2.45, 2.75) is 30.7 Å². The first kappa shape index (κ1) is 20.7. The molecule has 29 heavy (non-hydrogen) atoms. The summed E-state index contributed by atoms with van der Waals surface area (Å²) in [6.07, 6.45) is -7.23. The summed E-state index contributed by atoms with van der Waals surface area (Å²) in [5.74, 6) is -0.972. The molecule has 1 saturated heterocycles. The molecule has 1 aliphatic heterocycles. The fourth-order valence-electron chi connectivity index (χ4n) is 2.99. The van der Waals surface area contributed by atoms with Crippen molar-refractivity contribution in [2.24, 2.45) is 0 Å². The van der Waals surface area contributed by atoms with Crippen LogP contribution in [0.25, 0.3) is 11.1 Å². The molecule has 2 aromatic carbocycles. The fourth-order valence-corrected chi connectivity index (χ4v) is 2.99.